The van der Waals surface area contributed by atoms with Crippen LogP contribution in [0.25, 0.3) is 0 Å². The molecule has 1 N–H and O–H groups in total. The lowest BCUT2D eigenvalue weighted by molar-refractivity contribution is 0.492. The molecular weight excluding hydrogens is 214 g/mol. The molecule has 0 bridgehead atoms. The molecule has 4 nitrogen and oxygen atoms in total. The molecule has 0 saturated heterocycles. The largest absolute Gasteiger partial charge is 0.472 e. The van der Waals surface area contributed by atoms with Crippen molar-refractivity contribution in [3.63, 3.8) is 0 Å². The van der Waals surface area contributed by atoms with Crippen molar-refractivity contribution >= 4 is 9.84 Å². The molecule has 86 valence electrons. The molecule has 0 aliphatic rings. The van der Waals surface area contributed by atoms with Crippen LogP contribution < -0.4 is 5.32 Å². The van der Waals surface area contributed by atoms with E-state index in [9.17, 15) is 8.42 Å². The molecular formula is C10H17NO3S. The average Bonchev–Trinajstić information content (AvgIpc) is 2.50. The molecule has 0 saturated carbocycles. The third kappa shape index (κ3) is 4.48. The molecule has 5 heteroatoms. The quantitative estimate of drug-likeness (QED) is 0.831. The van der Waals surface area contributed by atoms with Crippen molar-refractivity contribution in [2.45, 2.75) is 25.9 Å². The summed E-state index contributed by atoms with van der Waals surface area (Å²) in [5, 5.41) is 3.20. The Balaban J connectivity index is 2.49. The zero-order chi connectivity index (χ0) is 11.5. The molecule has 0 fully saturated rings. The Morgan fingerprint density at radius 2 is 2.13 bits per heavy atom. The molecule has 0 spiro atoms. The first-order chi connectivity index (χ1) is 6.88. The van der Waals surface area contributed by atoms with Gasteiger partial charge in [0.25, 0.3) is 0 Å². The Bertz CT molecular complexity index is 383. The Morgan fingerprint density at radius 1 is 1.47 bits per heavy atom. The van der Waals surface area contributed by atoms with Crippen molar-refractivity contribution in [2.24, 2.45) is 0 Å². The van der Waals surface area contributed by atoms with E-state index in [0.717, 1.165) is 5.56 Å². The summed E-state index contributed by atoms with van der Waals surface area (Å²) in [5.74, 6) is 0.148. The van der Waals surface area contributed by atoms with Crippen molar-refractivity contribution in [2.75, 3.05) is 12.0 Å². The number of hydrogen-bond donors (Lipinski definition) is 1. The van der Waals surface area contributed by atoms with Gasteiger partial charge in [0, 0.05) is 23.9 Å². The van der Waals surface area contributed by atoms with Gasteiger partial charge in [-0.1, -0.05) is 0 Å². The van der Waals surface area contributed by atoms with Gasteiger partial charge in [0.15, 0.2) is 0 Å². The minimum atomic E-state index is -2.92. The molecule has 0 aromatic carbocycles. The van der Waals surface area contributed by atoms with Gasteiger partial charge < -0.3 is 9.73 Å². The fourth-order valence-electron chi connectivity index (χ4n) is 1.55. The number of sulfone groups is 1. The van der Waals surface area contributed by atoms with Crippen molar-refractivity contribution in [1.29, 1.82) is 0 Å². The molecule has 0 aliphatic carbocycles. The first kappa shape index (κ1) is 12.3. The normalized spacial score (nSPS) is 16.2. The van der Waals surface area contributed by atoms with E-state index in [2.05, 4.69) is 5.32 Å². The Hall–Kier alpha value is -0.810. The lowest BCUT2D eigenvalue weighted by atomic mass is 10.1. The fraction of sp³-hybridized carbons (Fsp3) is 0.600. The van der Waals surface area contributed by atoms with Crippen LogP contribution in [0.3, 0.4) is 0 Å². The molecule has 2 unspecified atom stereocenters. The SMILES string of the molecule is CC(CS(C)(=O)=O)NC(C)c1ccoc1. The van der Waals surface area contributed by atoms with Crippen molar-refractivity contribution < 1.29 is 12.8 Å². The van der Waals surface area contributed by atoms with Crippen LogP contribution in [0.5, 0.6) is 0 Å². The number of rotatable bonds is 5. The first-order valence-corrected chi connectivity index (χ1v) is 6.90. The fourth-order valence-corrected chi connectivity index (χ4v) is 2.55. The highest BCUT2D eigenvalue weighted by Crippen LogP contribution is 2.13. The monoisotopic (exact) mass is 231 g/mol. The highest BCUT2D eigenvalue weighted by atomic mass is 32.2. The maximum Gasteiger partial charge on any atom is 0.148 e. The van der Waals surface area contributed by atoms with Crippen LogP contribution in [0.4, 0.5) is 0 Å². The maximum atomic E-state index is 11.1. The minimum absolute atomic E-state index is 0.0649. The van der Waals surface area contributed by atoms with Gasteiger partial charge in [-0.25, -0.2) is 8.42 Å². The van der Waals surface area contributed by atoms with Crippen molar-refractivity contribution in [1.82, 2.24) is 5.32 Å². The second kappa shape index (κ2) is 4.81. The molecule has 0 radical (unpaired) electrons. The third-order valence-electron chi connectivity index (χ3n) is 2.13. The average molecular weight is 231 g/mol. The van der Waals surface area contributed by atoms with Gasteiger partial charge in [-0.3, -0.25) is 0 Å². The summed E-state index contributed by atoms with van der Waals surface area (Å²) in [6, 6.07) is 1.90. The third-order valence-corrected chi connectivity index (χ3v) is 3.24. The molecule has 2 atom stereocenters. The summed E-state index contributed by atoms with van der Waals surface area (Å²) in [5.41, 5.74) is 1.02. The standard InChI is InChI=1S/C10H17NO3S/c1-8(7-15(3,12)13)11-9(2)10-4-5-14-6-10/h4-6,8-9,11H,7H2,1-3H3. The lowest BCUT2D eigenvalue weighted by Gasteiger charge is -2.18. The van der Waals surface area contributed by atoms with Crippen LogP contribution in [0, 0.1) is 0 Å². The number of nitrogens with one attached hydrogen (secondary N) is 1. The second-order valence-electron chi connectivity index (χ2n) is 3.94. The second-order valence-corrected chi connectivity index (χ2v) is 6.12. The number of hydrogen-bond acceptors (Lipinski definition) is 4. The Morgan fingerprint density at radius 3 is 2.60 bits per heavy atom. The topological polar surface area (TPSA) is 59.3 Å². The van der Waals surface area contributed by atoms with Gasteiger partial charge in [0.1, 0.15) is 9.84 Å². The summed E-state index contributed by atoms with van der Waals surface area (Å²) in [6.45, 7) is 3.83. The van der Waals surface area contributed by atoms with Gasteiger partial charge in [0.05, 0.1) is 18.3 Å². The summed E-state index contributed by atoms with van der Waals surface area (Å²) < 4.78 is 27.1. The van der Waals surface area contributed by atoms with Crippen molar-refractivity contribution in [3.8, 4) is 0 Å². The van der Waals surface area contributed by atoms with Gasteiger partial charge in [-0.2, -0.15) is 0 Å². The number of furan rings is 1. The summed E-state index contributed by atoms with van der Waals surface area (Å²) >= 11 is 0. The van der Waals surface area contributed by atoms with Crippen LogP contribution >= 0.6 is 0 Å². The molecule has 1 heterocycles. The summed E-state index contributed by atoms with van der Waals surface area (Å²) in [7, 11) is -2.92. The predicted octanol–water partition coefficient (Wildman–Crippen LogP) is 1.36. The smallest absolute Gasteiger partial charge is 0.148 e. The zero-order valence-corrected chi connectivity index (χ0v) is 10.0. The van der Waals surface area contributed by atoms with Gasteiger partial charge in [0.2, 0.25) is 0 Å². The van der Waals surface area contributed by atoms with Crippen LogP contribution in [-0.2, 0) is 9.84 Å². The molecule has 1 aromatic heterocycles. The van der Waals surface area contributed by atoms with Crippen LogP contribution in [0.2, 0.25) is 0 Å². The van der Waals surface area contributed by atoms with E-state index in [1.165, 1.54) is 6.26 Å². The van der Waals surface area contributed by atoms with Gasteiger partial charge in [-0.05, 0) is 19.9 Å². The molecule has 15 heavy (non-hydrogen) atoms. The molecule has 0 amide bonds. The molecule has 0 aliphatic heterocycles. The van der Waals surface area contributed by atoms with Crippen molar-refractivity contribution in [3.05, 3.63) is 24.2 Å². The highest BCUT2D eigenvalue weighted by Gasteiger charge is 2.14. The van der Waals surface area contributed by atoms with E-state index in [-0.39, 0.29) is 17.8 Å². The van der Waals surface area contributed by atoms with E-state index in [4.69, 9.17) is 4.42 Å². The minimum Gasteiger partial charge on any atom is -0.472 e. The van der Waals surface area contributed by atoms with Crippen LogP contribution in [0.15, 0.2) is 23.0 Å². The summed E-state index contributed by atoms with van der Waals surface area (Å²) in [4.78, 5) is 0. The van der Waals surface area contributed by atoms with Gasteiger partial charge >= 0.3 is 0 Å². The molecule has 1 rings (SSSR count). The van der Waals surface area contributed by atoms with E-state index >= 15 is 0 Å². The Kier molecular flexibility index (Phi) is 3.93. The first-order valence-electron chi connectivity index (χ1n) is 4.84. The highest BCUT2D eigenvalue weighted by molar-refractivity contribution is 7.90. The zero-order valence-electron chi connectivity index (χ0n) is 9.23. The van der Waals surface area contributed by atoms with E-state index in [1.807, 2.05) is 19.9 Å². The summed E-state index contributed by atoms with van der Waals surface area (Å²) in [6.07, 6.45) is 4.51. The van der Waals surface area contributed by atoms with Crippen LogP contribution in [-0.4, -0.2) is 26.5 Å². The van der Waals surface area contributed by atoms with Crippen LogP contribution in [0.1, 0.15) is 25.5 Å². The lowest BCUT2D eigenvalue weighted by Crippen LogP contribution is -2.34. The predicted molar refractivity (Wildman–Crippen MR) is 59.4 cm³/mol. The van der Waals surface area contributed by atoms with E-state index in [0.29, 0.717) is 0 Å². The maximum absolute atomic E-state index is 11.1. The van der Waals surface area contributed by atoms with E-state index in [1.54, 1.807) is 12.5 Å². The molecule has 1 aromatic rings. The Labute approximate surface area is 90.6 Å². The van der Waals surface area contributed by atoms with Gasteiger partial charge in [-0.15, -0.1) is 0 Å². The van der Waals surface area contributed by atoms with E-state index < -0.39 is 9.84 Å².